The van der Waals surface area contributed by atoms with E-state index in [0.29, 0.717) is 48.6 Å². The summed E-state index contributed by atoms with van der Waals surface area (Å²) in [6, 6.07) is 9.26. The molecule has 2 aromatic rings. The number of ether oxygens (including phenoxy) is 2. The zero-order valence-corrected chi connectivity index (χ0v) is 47.0. The third-order valence-corrected chi connectivity index (χ3v) is 16.6. The molecule has 2 aromatic carbocycles. The zero-order chi connectivity index (χ0) is 39.3. The molecular formula is C37H40Cl4Na4O13P2+2. The molecule has 23 heteroatoms. The van der Waals surface area contributed by atoms with Crippen LogP contribution in [0, 0.1) is 35.5 Å². The first kappa shape index (κ1) is 52.7. The third-order valence-electron chi connectivity index (χ3n) is 14.1. The van der Waals surface area contributed by atoms with Gasteiger partial charge >= 0.3 is 126 Å². The van der Waals surface area contributed by atoms with Crippen LogP contribution in [0.2, 0.25) is 10.0 Å². The predicted molar refractivity (Wildman–Crippen MR) is 197 cm³/mol. The average Bonchev–Trinajstić information content (AvgIpc) is 3.05. The summed E-state index contributed by atoms with van der Waals surface area (Å²) in [6.07, 6.45) is 8.03. The van der Waals surface area contributed by atoms with Gasteiger partial charge < -0.3 is 33.2 Å². The molecule has 8 bridgehead atoms. The molecule has 8 saturated carbocycles. The van der Waals surface area contributed by atoms with Gasteiger partial charge in [0.05, 0.1) is 23.3 Å². The van der Waals surface area contributed by atoms with Crippen LogP contribution in [-0.4, -0.2) is 45.7 Å². The average molecular weight is 988 g/mol. The Morgan fingerprint density at radius 1 is 0.650 bits per heavy atom. The number of alkyl halides is 2. The smallest absolute Gasteiger partial charge is 0.769 e. The van der Waals surface area contributed by atoms with E-state index in [4.69, 9.17) is 84.5 Å². The molecule has 0 amide bonds. The number of hydrogen-bond donors (Lipinski definition) is 1. The molecule has 8 unspecified atom stereocenters. The Morgan fingerprint density at radius 3 is 1.32 bits per heavy atom. The maximum atomic E-state index is 12.3. The molecule has 0 aromatic heterocycles. The van der Waals surface area contributed by atoms with Gasteiger partial charge in [0.1, 0.15) is 11.5 Å². The fourth-order valence-electron chi connectivity index (χ4n) is 12.7. The molecule has 10 aliphatic rings. The monoisotopic (exact) mass is 986 g/mol. The van der Waals surface area contributed by atoms with Crippen molar-refractivity contribution in [3.63, 3.8) is 0 Å². The van der Waals surface area contributed by atoms with Crippen LogP contribution in [0.15, 0.2) is 36.4 Å². The van der Waals surface area contributed by atoms with Gasteiger partial charge in [-0.3, -0.25) is 9.13 Å². The van der Waals surface area contributed by atoms with Crippen molar-refractivity contribution in [3.8, 4) is 11.5 Å². The fraction of sp³-hybridized carbons (Fsp3) is 0.676. The number of hydrogen-bond acceptors (Lipinski definition) is 12. The molecule has 2 saturated heterocycles. The Hall–Kier alpha value is 3.30. The molecule has 2 heterocycles. The summed E-state index contributed by atoms with van der Waals surface area (Å²) in [5.74, 6) is -2.78. The minimum Gasteiger partial charge on any atom is -0.769 e. The summed E-state index contributed by atoms with van der Waals surface area (Å²) < 4.78 is 48.0. The van der Waals surface area contributed by atoms with Crippen molar-refractivity contribution in [3.05, 3.63) is 57.6 Å². The van der Waals surface area contributed by atoms with Gasteiger partial charge in [-0.25, -0.2) is 9.78 Å². The van der Waals surface area contributed by atoms with Gasteiger partial charge in [-0.1, -0.05) is 35.3 Å². The Bertz CT molecular complexity index is 1910. The van der Waals surface area contributed by atoms with E-state index in [-0.39, 0.29) is 186 Å². The molecule has 306 valence electrons. The third kappa shape index (κ3) is 8.46. The Morgan fingerprint density at radius 2 is 1.02 bits per heavy atom. The van der Waals surface area contributed by atoms with Crippen LogP contribution in [-0.2, 0) is 49.7 Å². The quantitative estimate of drug-likeness (QED) is 0.0752. The molecule has 0 radical (unpaired) electrons. The minimum absolute atomic E-state index is 0. The first-order chi connectivity index (χ1) is 26.3. The van der Waals surface area contributed by atoms with E-state index in [2.05, 4.69) is 0 Å². The predicted octanol–water partition coefficient (Wildman–Crippen LogP) is -4.51. The van der Waals surface area contributed by atoms with Crippen molar-refractivity contribution in [2.75, 3.05) is 19.9 Å². The van der Waals surface area contributed by atoms with E-state index in [1.54, 1.807) is 18.2 Å². The van der Waals surface area contributed by atoms with Crippen molar-refractivity contribution in [2.24, 2.45) is 35.5 Å². The van der Waals surface area contributed by atoms with Crippen LogP contribution in [0.25, 0.3) is 0 Å². The summed E-state index contributed by atoms with van der Waals surface area (Å²) in [4.78, 5) is 57.6. The van der Waals surface area contributed by atoms with Gasteiger partial charge in [-0.2, -0.15) is 9.78 Å². The molecule has 12 rings (SSSR count). The summed E-state index contributed by atoms with van der Waals surface area (Å²) >= 11 is 27.1. The van der Waals surface area contributed by atoms with Gasteiger partial charge in [0, 0.05) is 27.5 Å². The fourth-order valence-corrected chi connectivity index (χ4v) is 15.2. The summed E-state index contributed by atoms with van der Waals surface area (Å²) in [7, 11) is -9.49. The van der Waals surface area contributed by atoms with Crippen molar-refractivity contribution >= 4 is 61.8 Å². The first-order valence-corrected chi connectivity index (χ1v) is 24.0. The SMILES string of the molecule is CP(=O)([O-])Oc1cc(C2(OCCOC3(c4ccc(Cl)c(OP(=O)([O-])O)c4)OOC34C3CC5CC4CC(Cl)(C5)C3)OOC23C2CC4CC3CC(Cl)(C4)C2)ccc1Cl.[Na+].[Na+].[Na+].[Na+]. The minimum atomic E-state index is -5.24. The van der Waals surface area contributed by atoms with E-state index in [0.717, 1.165) is 45.2 Å². The molecule has 8 aliphatic carbocycles. The van der Waals surface area contributed by atoms with Gasteiger partial charge in [0.15, 0.2) is 18.8 Å². The second-order valence-electron chi connectivity index (χ2n) is 17.6. The second kappa shape index (κ2) is 18.2. The number of phosphoric acid groups is 1. The molecular weight excluding hydrogens is 948 g/mol. The van der Waals surface area contributed by atoms with Crippen LogP contribution >= 0.6 is 61.8 Å². The summed E-state index contributed by atoms with van der Waals surface area (Å²) in [6.45, 7) is 0.805. The Balaban J connectivity index is 0.00000151. The second-order valence-corrected chi connectivity index (χ2v) is 22.8. The number of rotatable bonds is 11. The van der Waals surface area contributed by atoms with E-state index >= 15 is 0 Å². The standard InChI is InChI=1S/C37H42Cl4O13P2.4Na/c1-55(42,43)49-30-12-22(2-4-28(30)38)36(34(51-53-36)24-8-20-9-25(34)17-32(40,14-20)16-24)47-6-7-48-37(23-3-5-29(39)31(13-23)50-56(44,45)46)35(52-54-37)26-10-21-11-27(35)19-33(41,15-21)18-26;;;;/h2-5,12-13,20-21,24-27H,6-11,14-19H2,1H3,(H,42,43)(H2,44,45,46);;;;/q;4*+1/p-2. The maximum absolute atomic E-state index is 12.3. The summed E-state index contributed by atoms with van der Waals surface area (Å²) in [5, 5.41) is 0.0387. The maximum Gasteiger partial charge on any atom is 1.00 e. The van der Waals surface area contributed by atoms with Gasteiger partial charge in [0.2, 0.25) is 0 Å². The van der Waals surface area contributed by atoms with Crippen molar-refractivity contribution < 1.29 is 180 Å². The van der Waals surface area contributed by atoms with Crippen LogP contribution < -0.4 is 137 Å². The number of halogens is 4. The Kier molecular flexibility index (Phi) is 16.0. The van der Waals surface area contributed by atoms with Crippen LogP contribution in [0.3, 0.4) is 0 Å². The van der Waals surface area contributed by atoms with Crippen LogP contribution in [0.1, 0.15) is 75.3 Å². The molecule has 10 fully saturated rings. The molecule has 13 nitrogen and oxygen atoms in total. The number of benzene rings is 2. The normalized spacial score (nSPS) is 42.9. The van der Waals surface area contributed by atoms with Crippen LogP contribution in [0.5, 0.6) is 11.5 Å². The van der Waals surface area contributed by atoms with E-state index < -0.39 is 38.2 Å². The van der Waals surface area contributed by atoms with Crippen molar-refractivity contribution in [2.45, 2.75) is 96.7 Å². The van der Waals surface area contributed by atoms with Crippen molar-refractivity contribution in [1.29, 1.82) is 0 Å². The number of phosphoric ester groups is 1. The van der Waals surface area contributed by atoms with Crippen LogP contribution in [0.4, 0.5) is 0 Å². The Labute approximate surface area is 457 Å². The van der Waals surface area contributed by atoms with Gasteiger partial charge in [-0.05, 0) is 124 Å². The van der Waals surface area contributed by atoms with E-state index in [1.807, 2.05) is 0 Å². The molecule has 1 N–H and O–H groups in total. The van der Waals surface area contributed by atoms with E-state index in [9.17, 15) is 23.8 Å². The van der Waals surface area contributed by atoms with Crippen molar-refractivity contribution in [1.82, 2.24) is 0 Å². The van der Waals surface area contributed by atoms with Gasteiger partial charge in [-0.15, -0.1) is 23.2 Å². The first-order valence-electron chi connectivity index (χ1n) is 19.0. The molecule has 2 aliphatic heterocycles. The largest absolute Gasteiger partial charge is 1.00 e. The molecule has 8 atom stereocenters. The molecule has 2 spiro atoms. The topological polar surface area (TPSA) is 174 Å². The summed E-state index contributed by atoms with van der Waals surface area (Å²) in [5.41, 5.74) is -1.11. The van der Waals surface area contributed by atoms with E-state index in [1.165, 1.54) is 18.2 Å². The zero-order valence-electron chi connectivity index (χ0n) is 34.2. The van der Waals surface area contributed by atoms with Gasteiger partial charge in [0.25, 0.3) is 11.6 Å². The molecule has 60 heavy (non-hydrogen) atoms.